The monoisotopic (exact) mass is 316 g/mol. The van der Waals surface area contributed by atoms with E-state index >= 15 is 0 Å². The number of nitrogens with zero attached hydrogens (tertiary/aromatic N) is 3. The molecule has 23 heavy (non-hydrogen) atoms. The van der Waals surface area contributed by atoms with Crippen molar-refractivity contribution >= 4 is 17.4 Å². The maximum absolute atomic E-state index is 12.4. The van der Waals surface area contributed by atoms with Gasteiger partial charge in [0.05, 0.1) is 17.7 Å². The number of nitro groups is 1. The zero-order chi connectivity index (χ0) is 16.2. The van der Waals surface area contributed by atoms with Gasteiger partial charge >= 0.3 is 5.69 Å². The number of rotatable bonds is 5. The molecule has 8 nitrogen and oxygen atoms in total. The first-order valence-electron chi connectivity index (χ1n) is 7.33. The van der Waals surface area contributed by atoms with E-state index in [4.69, 9.17) is 4.42 Å². The third-order valence-electron chi connectivity index (χ3n) is 3.81. The lowest BCUT2D eigenvalue weighted by atomic mass is 10.2. The molecule has 0 radical (unpaired) electrons. The van der Waals surface area contributed by atoms with Crippen LogP contribution in [0.5, 0.6) is 0 Å². The number of nitrogens with one attached hydrogen (secondary N) is 1. The molecule has 3 heterocycles. The first-order chi connectivity index (χ1) is 11.2. The van der Waals surface area contributed by atoms with Crippen LogP contribution in [0.4, 0.5) is 11.5 Å². The smallest absolute Gasteiger partial charge is 0.311 e. The van der Waals surface area contributed by atoms with Gasteiger partial charge in [-0.15, -0.1) is 0 Å². The van der Waals surface area contributed by atoms with Gasteiger partial charge in [-0.3, -0.25) is 14.9 Å². The van der Waals surface area contributed by atoms with Gasteiger partial charge in [-0.2, -0.15) is 0 Å². The van der Waals surface area contributed by atoms with Crippen LogP contribution in [-0.4, -0.2) is 28.4 Å². The minimum Gasteiger partial charge on any atom is -0.467 e. The minimum atomic E-state index is -0.474. The molecule has 0 spiro atoms. The number of amides is 1. The van der Waals surface area contributed by atoms with E-state index in [1.807, 2.05) is 0 Å². The van der Waals surface area contributed by atoms with Gasteiger partial charge in [0.25, 0.3) is 0 Å². The first kappa shape index (κ1) is 15.0. The van der Waals surface area contributed by atoms with Crippen LogP contribution in [-0.2, 0) is 11.3 Å². The Morgan fingerprint density at radius 3 is 3.09 bits per heavy atom. The summed E-state index contributed by atoms with van der Waals surface area (Å²) in [6.45, 7) is 0.858. The summed E-state index contributed by atoms with van der Waals surface area (Å²) in [6.07, 6.45) is 4.46. The van der Waals surface area contributed by atoms with Crippen LogP contribution in [0.2, 0.25) is 0 Å². The highest BCUT2D eigenvalue weighted by atomic mass is 16.6. The summed E-state index contributed by atoms with van der Waals surface area (Å²) in [7, 11) is 0. The summed E-state index contributed by atoms with van der Waals surface area (Å²) in [4.78, 5) is 28.9. The van der Waals surface area contributed by atoms with E-state index in [0.29, 0.717) is 25.3 Å². The normalized spacial score (nSPS) is 17.2. The highest BCUT2D eigenvalue weighted by Crippen LogP contribution is 2.31. The van der Waals surface area contributed by atoms with E-state index in [9.17, 15) is 14.9 Å². The summed E-state index contributed by atoms with van der Waals surface area (Å²) in [5, 5.41) is 14.0. The summed E-state index contributed by atoms with van der Waals surface area (Å²) >= 11 is 0. The van der Waals surface area contributed by atoms with Gasteiger partial charge in [-0.05, 0) is 31.0 Å². The zero-order valence-corrected chi connectivity index (χ0v) is 12.3. The molecule has 1 unspecified atom stereocenters. The molecule has 0 bridgehead atoms. The first-order valence-corrected chi connectivity index (χ1v) is 7.33. The molecule has 1 fully saturated rings. The summed E-state index contributed by atoms with van der Waals surface area (Å²) in [5.41, 5.74) is -0.0850. The van der Waals surface area contributed by atoms with E-state index in [1.54, 1.807) is 23.3 Å². The van der Waals surface area contributed by atoms with Crippen molar-refractivity contribution in [3.8, 4) is 0 Å². The SMILES string of the molecule is O=C(NCc1ccco1)C1CCCN1c1ncccc1[N+](=O)[O-]. The lowest BCUT2D eigenvalue weighted by molar-refractivity contribution is -0.384. The van der Waals surface area contributed by atoms with Crippen molar-refractivity contribution in [2.24, 2.45) is 0 Å². The topological polar surface area (TPSA) is 102 Å². The van der Waals surface area contributed by atoms with Crippen molar-refractivity contribution in [2.45, 2.75) is 25.4 Å². The molecule has 1 saturated heterocycles. The molecule has 1 amide bonds. The van der Waals surface area contributed by atoms with Crippen molar-refractivity contribution in [2.75, 3.05) is 11.4 Å². The average Bonchev–Trinajstić information content (AvgIpc) is 3.24. The van der Waals surface area contributed by atoms with Gasteiger partial charge < -0.3 is 14.6 Å². The molecule has 2 aromatic heterocycles. The predicted octanol–water partition coefficient (Wildman–Crippen LogP) is 1.87. The van der Waals surface area contributed by atoms with Gasteiger partial charge in [0, 0.05) is 18.8 Å². The largest absolute Gasteiger partial charge is 0.467 e. The Hall–Kier alpha value is -2.90. The summed E-state index contributed by atoms with van der Waals surface area (Å²) in [5.74, 6) is 0.721. The molecule has 0 aromatic carbocycles. The fraction of sp³-hybridized carbons (Fsp3) is 0.333. The molecular formula is C15H16N4O4. The van der Waals surface area contributed by atoms with Crippen LogP contribution in [0.25, 0.3) is 0 Å². The Kier molecular flexibility index (Phi) is 4.22. The van der Waals surface area contributed by atoms with Gasteiger partial charge in [0.15, 0.2) is 0 Å². The number of hydrogen-bond donors (Lipinski definition) is 1. The number of aromatic nitrogens is 1. The third kappa shape index (κ3) is 3.15. The molecule has 2 aromatic rings. The highest BCUT2D eigenvalue weighted by Gasteiger charge is 2.35. The van der Waals surface area contributed by atoms with E-state index < -0.39 is 11.0 Å². The van der Waals surface area contributed by atoms with Crippen LogP contribution in [0.1, 0.15) is 18.6 Å². The van der Waals surface area contributed by atoms with Crippen LogP contribution >= 0.6 is 0 Å². The number of pyridine rings is 1. The Labute approximate surface area is 132 Å². The van der Waals surface area contributed by atoms with Crippen LogP contribution in [0.3, 0.4) is 0 Å². The summed E-state index contributed by atoms with van der Waals surface area (Å²) < 4.78 is 5.18. The fourth-order valence-corrected chi connectivity index (χ4v) is 2.75. The maximum atomic E-state index is 12.4. The third-order valence-corrected chi connectivity index (χ3v) is 3.81. The van der Waals surface area contributed by atoms with Gasteiger partial charge in [-0.1, -0.05) is 0 Å². The van der Waals surface area contributed by atoms with Crippen molar-refractivity contribution in [1.82, 2.24) is 10.3 Å². The zero-order valence-electron chi connectivity index (χ0n) is 12.3. The van der Waals surface area contributed by atoms with Crippen LogP contribution in [0.15, 0.2) is 41.1 Å². The number of furan rings is 1. The second kappa shape index (κ2) is 6.47. The average molecular weight is 316 g/mol. The lowest BCUT2D eigenvalue weighted by Gasteiger charge is -2.24. The molecule has 1 N–H and O–H groups in total. The Bertz CT molecular complexity index is 701. The van der Waals surface area contributed by atoms with Crippen LogP contribution in [0, 0.1) is 10.1 Å². The fourth-order valence-electron chi connectivity index (χ4n) is 2.75. The molecule has 1 atom stereocenters. The van der Waals surface area contributed by atoms with Crippen LogP contribution < -0.4 is 10.2 Å². The Morgan fingerprint density at radius 2 is 2.35 bits per heavy atom. The molecule has 1 aliphatic rings. The molecule has 8 heteroatoms. The van der Waals surface area contributed by atoms with E-state index in [-0.39, 0.29) is 17.4 Å². The second-order valence-corrected chi connectivity index (χ2v) is 5.25. The lowest BCUT2D eigenvalue weighted by Crippen LogP contribution is -2.43. The van der Waals surface area contributed by atoms with E-state index in [1.165, 1.54) is 18.3 Å². The van der Waals surface area contributed by atoms with Crippen molar-refractivity contribution in [1.29, 1.82) is 0 Å². The number of carbonyl (C=O) groups is 1. The molecule has 1 aliphatic heterocycles. The molecule has 0 saturated carbocycles. The van der Waals surface area contributed by atoms with E-state index in [2.05, 4.69) is 10.3 Å². The van der Waals surface area contributed by atoms with Gasteiger partial charge in [0.1, 0.15) is 11.8 Å². The van der Waals surface area contributed by atoms with Crippen molar-refractivity contribution < 1.29 is 14.1 Å². The molecule has 3 rings (SSSR count). The predicted molar refractivity (Wildman–Crippen MR) is 81.8 cm³/mol. The van der Waals surface area contributed by atoms with Gasteiger partial charge in [0.2, 0.25) is 11.7 Å². The van der Waals surface area contributed by atoms with Gasteiger partial charge in [-0.25, -0.2) is 4.98 Å². The quantitative estimate of drug-likeness (QED) is 0.667. The highest BCUT2D eigenvalue weighted by molar-refractivity contribution is 5.86. The molecule has 120 valence electrons. The number of carbonyl (C=O) groups excluding carboxylic acids is 1. The maximum Gasteiger partial charge on any atom is 0.311 e. The Balaban J connectivity index is 1.75. The van der Waals surface area contributed by atoms with E-state index in [0.717, 1.165) is 6.42 Å². The molecule has 0 aliphatic carbocycles. The molecular weight excluding hydrogens is 300 g/mol. The second-order valence-electron chi connectivity index (χ2n) is 5.25. The summed E-state index contributed by atoms with van der Waals surface area (Å²) in [6, 6.07) is 5.98. The standard InChI is InChI=1S/C15H16N4O4/c20-15(17-10-11-4-3-9-23-11)13-6-2-8-18(13)14-12(19(21)22)5-1-7-16-14/h1,3-5,7,9,13H,2,6,8,10H2,(H,17,20). The minimum absolute atomic E-state index is 0.0850. The number of hydrogen-bond acceptors (Lipinski definition) is 6. The van der Waals surface area contributed by atoms with Crippen molar-refractivity contribution in [3.05, 3.63) is 52.6 Å². The Morgan fingerprint density at radius 1 is 1.48 bits per heavy atom. The van der Waals surface area contributed by atoms with Crippen molar-refractivity contribution in [3.63, 3.8) is 0 Å². The number of anilines is 1.